The molecular weight excluding hydrogens is 688 g/mol. The lowest BCUT2D eigenvalue weighted by Gasteiger charge is -2.13. The maximum atomic E-state index is 5.87. The second-order valence-electron chi connectivity index (χ2n) is 12.3. The van der Waals surface area contributed by atoms with Crippen LogP contribution in [-0.2, 0) is 51.1 Å². The highest BCUT2D eigenvalue weighted by Gasteiger charge is 2.05. The van der Waals surface area contributed by atoms with Gasteiger partial charge < -0.3 is 47.4 Å². The summed E-state index contributed by atoms with van der Waals surface area (Å²) < 4.78 is 56.9. The molecule has 0 unspecified atom stereocenters. The Hall–Kier alpha value is -4.10. The van der Waals surface area contributed by atoms with Crippen LogP contribution in [0.25, 0.3) is 21.5 Å². The molecule has 10 heteroatoms. The highest BCUT2D eigenvalue weighted by molar-refractivity contribution is 5.83. The van der Waals surface area contributed by atoms with Crippen LogP contribution >= 0.6 is 0 Å². The van der Waals surface area contributed by atoms with Gasteiger partial charge in [-0.25, -0.2) is 0 Å². The summed E-state index contributed by atoms with van der Waals surface area (Å²) in [5, 5.41) is 4.91. The second kappa shape index (κ2) is 25.8. The highest BCUT2D eigenvalue weighted by Crippen LogP contribution is 2.26. The lowest BCUT2D eigenvalue weighted by atomic mass is 10.1. The molecule has 0 saturated carbocycles. The van der Waals surface area contributed by atoms with Gasteiger partial charge in [0.05, 0.1) is 106 Å². The molecule has 0 fully saturated rings. The summed E-state index contributed by atoms with van der Waals surface area (Å²) in [5.74, 6) is 1.33. The number of benzene rings is 5. The van der Waals surface area contributed by atoms with Gasteiger partial charge in [-0.3, -0.25) is 0 Å². The van der Waals surface area contributed by atoms with Gasteiger partial charge in [0.1, 0.15) is 13.2 Å². The molecule has 0 aromatic heterocycles. The van der Waals surface area contributed by atoms with E-state index in [1.165, 1.54) is 21.5 Å². The summed E-state index contributed by atoms with van der Waals surface area (Å²) in [6.07, 6.45) is 0. The van der Waals surface area contributed by atoms with Gasteiger partial charge in [0.2, 0.25) is 0 Å². The third-order valence-electron chi connectivity index (χ3n) is 8.22. The van der Waals surface area contributed by atoms with Crippen LogP contribution in [0.15, 0.2) is 109 Å². The molecule has 0 aliphatic heterocycles. The van der Waals surface area contributed by atoms with Gasteiger partial charge in [0, 0.05) is 0 Å². The minimum absolute atomic E-state index is 0.401. The lowest BCUT2D eigenvalue weighted by molar-refractivity contribution is -0.00734. The van der Waals surface area contributed by atoms with E-state index in [1.54, 1.807) is 0 Å². The third-order valence-corrected chi connectivity index (χ3v) is 8.22. The van der Waals surface area contributed by atoms with Crippen LogP contribution in [0.4, 0.5) is 0 Å². The molecule has 0 saturated heterocycles. The number of ether oxygens (including phenoxy) is 10. The molecule has 10 nitrogen and oxygen atoms in total. The van der Waals surface area contributed by atoms with Crippen LogP contribution in [0.2, 0.25) is 0 Å². The van der Waals surface area contributed by atoms with E-state index in [9.17, 15) is 0 Å². The van der Waals surface area contributed by atoms with Gasteiger partial charge >= 0.3 is 0 Å². The van der Waals surface area contributed by atoms with Crippen molar-refractivity contribution in [3.63, 3.8) is 0 Å². The quantitative estimate of drug-likeness (QED) is 0.0447. The largest absolute Gasteiger partial charge is 0.487 e. The van der Waals surface area contributed by atoms with E-state index < -0.39 is 0 Å². The van der Waals surface area contributed by atoms with Crippen molar-refractivity contribution in [3.05, 3.63) is 120 Å². The van der Waals surface area contributed by atoms with Gasteiger partial charge in [-0.05, 0) is 56.9 Å². The maximum absolute atomic E-state index is 5.87. The summed E-state index contributed by atoms with van der Waals surface area (Å²) in [5.41, 5.74) is 2.31. The Kier molecular flexibility index (Phi) is 19.6. The van der Waals surface area contributed by atoms with Gasteiger partial charge in [-0.15, -0.1) is 0 Å². The summed E-state index contributed by atoms with van der Waals surface area (Å²) >= 11 is 0. The van der Waals surface area contributed by atoms with Crippen LogP contribution < -0.4 is 9.47 Å². The number of hydrogen-bond donors (Lipinski definition) is 0. The second-order valence-corrected chi connectivity index (χ2v) is 12.3. The highest BCUT2D eigenvalue weighted by atomic mass is 16.6. The normalized spacial score (nSPS) is 11.4. The van der Waals surface area contributed by atoms with Crippen molar-refractivity contribution in [2.75, 3.05) is 106 Å². The Bertz CT molecular complexity index is 1600. The molecule has 0 N–H and O–H groups in total. The fraction of sp³-hybridized carbons (Fsp3) is 0.409. The molecule has 0 aliphatic carbocycles. The topological polar surface area (TPSA) is 92.3 Å². The van der Waals surface area contributed by atoms with E-state index in [2.05, 4.69) is 60.7 Å². The number of rotatable bonds is 30. The zero-order valence-corrected chi connectivity index (χ0v) is 31.2. The van der Waals surface area contributed by atoms with Crippen molar-refractivity contribution in [2.45, 2.75) is 13.2 Å². The molecule has 290 valence electrons. The van der Waals surface area contributed by atoms with Crippen LogP contribution in [0.5, 0.6) is 11.5 Å². The monoisotopic (exact) mass is 742 g/mol. The van der Waals surface area contributed by atoms with Crippen molar-refractivity contribution in [2.24, 2.45) is 0 Å². The fourth-order valence-corrected chi connectivity index (χ4v) is 5.47. The molecule has 5 aromatic rings. The molecule has 0 atom stereocenters. The Labute approximate surface area is 319 Å². The van der Waals surface area contributed by atoms with Crippen LogP contribution in [0.3, 0.4) is 0 Å². The van der Waals surface area contributed by atoms with Crippen LogP contribution in [0.1, 0.15) is 11.1 Å². The van der Waals surface area contributed by atoms with E-state index >= 15 is 0 Å². The Morgan fingerprint density at radius 3 is 0.926 bits per heavy atom. The van der Waals surface area contributed by atoms with Gasteiger partial charge in [0.25, 0.3) is 0 Å². The average Bonchev–Trinajstić information content (AvgIpc) is 3.21. The Morgan fingerprint density at radius 2 is 0.556 bits per heavy atom. The number of hydrogen-bond acceptors (Lipinski definition) is 10. The molecule has 0 bridgehead atoms. The van der Waals surface area contributed by atoms with Crippen molar-refractivity contribution < 1.29 is 47.4 Å². The van der Waals surface area contributed by atoms with Crippen molar-refractivity contribution in [3.8, 4) is 11.5 Å². The predicted octanol–water partition coefficient (Wildman–Crippen LogP) is 7.28. The number of fused-ring (bicyclic) bond motifs is 2. The SMILES string of the molecule is c1ccc(OCCOCCOCCOCCOCc2ccc3ccccc3c2)c(OCCOCCOCCOCCOCc2ccc3ccccc3c2)c1. The zero-order valence-electron chi connectivity index (χ0n) is 31.2. The fourth-order valence-electron chi connectivity index (χ4n) is 5.47. The molecular formula is C44H54O10. The first kappa shape index (κ1) is 41.1. The molecule has 0 radical (unpaired) electrons. The van der Waals surface area contributed by atoms with Gasteiger partial charge in [0.15, 0.2) is 11.5 Å². The predicted molar refractivity (Wildman–Crippen MR) is 210 cm³/mol. The van der Waals surface area contributed by atoms with E-state index in [0.717, 1.165) is 11.1 Å². The first-order valence-corrected chi connectivity index (χ1v) is 18.8. The Morgan fingerprint density at radius 1 is 0.259 bits per heavy atom. The molecule has 54 heavy (non-hydrogen) atoms. The van der Waals surface area contributed by atoms with Crippen LogP contribution in [0, 0.1) is 0 Å². The summed E-state index contributed by atoms with van der Waals surface area (Å²) in [6.45, 7) is 8.93. The van der Waals surface area contributed by atoms with E-state index in [-0.39, 0.29) is 0 Å². The zero-order chi connectivity index (χ0) is 37.1. The summed E-state index contributed by atoms with van der Waals surface area (Å²) in [6, 6.07) is 37.0. The van der Waals surface area contributed by atoms with E-state index in [4.69, 9.17) is 47.4 Å². The lowest BCUT2D eigenvalue weighted by Crippen LogP contribution is -2.14. The van der Waals surface area contributed by atoms with Gasteiger partial charge in [-0.1, -0.05) is 84.9 Å². The maximum Gasteiger partial charge on any atom is 0.161 e. The minimum atomic E-state index is 0.401. The molecule has 5 rings (SSSR count). The van der Waals surface area contributed by atoms with Crippen molar-refractivity contribution in [1.29, 1.82) is 0 Å². The summed E-state index contributed by atoms with van der Waals surface area (Å²) in [7, 11) is 0. The Balaban J connectivity index is 0.760. The van der Waals surface area contributed by atoms with Crippen molar-refractivity contribution >= 4 is 21.5 Å². The smallest absolute Gasteiger partial charge is 0.161 e. The molecule has 0 spiro atoms. The average molecular weight is 743 g/mol. The van der Waals surface area contributed by atoms with Gasteiger partial charge in [-0.2, -0.15) is 0 Å². The minimum Gasteiger partial charge on any atom is -0.487 e. The molecule has 5 aromatic carbocycles. The number of para-hydroxylation sites is 2. The molecule has 0 amide bonds. The van der Waals surface area contributed by atoms with Crippen LogP contribution in [-0.4, -0.2) is 106 Å². The standard InChI is InChI=1S/C44H54O10/c1-3-9-41-33-37(13-15-39(41)7-1)35-51-27-25-47-19-17-45-21-23-49-29-31-53-43-11-5-6-12-44(43)54-32-30-50-24-22-46-18-20-48-26-28-52-36-38-14-16-40-8-2-4-10-42(40)34-38/h1-16,33-34H,17-32,35-36H2. The third kappa shape index (κ3) is 16.1. The first-order chi connectivity index (χ1) is 26.8. The summed E-state index contributed by atoms with van der Waals surface area (Å²) in [4.78, 5) is 0. The van der Waals surface area contributed by atoms with E-state index in [1.807, 2.05) is 48.5 Å². The first-order valence-electron chi connectivity index (χ1n) is 18.8. The van der Waals surface area contributed by atoms with E-state index in [0.29, 0.717) is 130 Å². The van der Waals surface area contributed by atoms with Crippen molar-refractivity contribution in [1.82, 2.24) is 0 Å². The molecule has 0 aliphatic rings. The molecule has 0 heterocycles.